The minimum Gasteiger partial charge on any atom is -0.378 e. The molecule has 8 heteroatoms. The SMILES string of the molecule is CC1(F)C=CC(n2c(-c3cnc(N4CCOCC4)nc3)nc3ccncc32)C=C1. The summed E-state index contributed by atoms with van der Waals surface area (Å²) < 4.78 is 21.6. The Hall–Kier alpha value is -3.13. The van der Waals surface area contributed by atoms with Crippen molar-refractivity contribution >= 4 is 17.0 Å². The maximum Gasteiger partial charge on any atom is 0.225 e. The van der Waals surface area contributed by atoms with E-state index >= 15 is 0 Å². The number of alkyl halides is 1. The molecule has 0 atom stereocenters. The molecule has 29 heavy (non-hydrogen) atoms. The number of fused-ring (bicyclic) bond motifs is 1. The molecule has 3 aromatic rings. The fourth-order valence-electron chi connectivity index (χ4n) is 3.68. The van der Waals surface area contributed by atoms with Gasteiger partial charge in [-0.3, -0.25) is 4.98 Å². The van der Waals surface area contributed by atoms with Gasteiger partial charge in [0.2, 0.25) is 5.95 Å². The number of pyridine rings is 1. The fourth-order valence-corrected chi connectivity index (χ4v) is 3.68. The lowest BCUT2D eigenvalue weighted by molar-refractivity contribution is 0.122. The Bertz CT molecular complexity index is 1070. The number of allylic oxidation sites excluding steroid dienone is 4. The van der Waals surface area contributed by atoms with Crippen LogP contribution >= 0.6 is 0 Å². The highest BCUT2D eigenvalue weighted by Crippen LogP contribution is 2.32. The number of aromatic nitrogens is 5. The summed E-state index contributed by atoms with van der Waals surface area (Å²) in [5.74, 6) is 1.41. The van der Waals surface area contributed by atoms with Crippen molar-refractivity contribution in [1.29, 1.82) is 0 Å². The van der Waals surface area contributed by atoms with Crippen LogP contribution in [0.3, 0.4) is 0 Å². The molecule has 148 valence electrons. The smallest absolute Gasteiger partial charge is 0.225 e. The van der Waals surface area contributed by atoms with Crippen LogP contribution in [0.2, 0.25) is 0 Å². The minimum absolute atomic E-state index is 0.165. The Kier molecular flexibility index (Phi) is 4.35. The van der Waals surface area contributed by atoms with Crippen molar-refractivity contribution in [3.05, 3.63) is 55.2 Å². The normalized spacial score (nSPS) is 24.3. The quantitative estimate of drug-likeness (QED) is 0.638. The lowest BCUT2D eigenvalue weighted by Gasteiger charge is -2.26. The Labute approximate surface area is 167 Å². The van der Waals surface area contributed by atoms with E-state index in [9.17, 15) is 4.39 Å². The zero-order chi connectivity index (χ0) is 19.8. The van der Waals surface area contributed by atoms with Crippen LogP contribution in [0.4, 0.5) is 10.3 Å². The Balaban J connectivity index is 1.56. The Morgan fingerprint density at radius 3 is 2.55 bits per heavy atom. The van der Waals surface area contributed by atoms with Crippen molar-refractivity contribution in [1.82, 2.24) is 24.5 Å². The van der Waals surface area contributed by atoms with Crippen molar-refractivity contribution in [2.45, 2.75) is 18.6 Å². The van der Waals surface area contributed by atoms with Crippen molar-refractivity contribution in [3.8, 4) is 11.4 Å². The average Bonchev–Trinajstić information content (AvgIpc) is 3.14. The van der Waals surface area contributed by atoms with Gasteiger partial charge in [0.15, 0.2) is 0 Å². The molecule has 0 bridgehead atoms. The molecule has 0 saturated carbocycles. The van der Waals surface area contributed by atoms with Crippen molar-refractivity contribution < 1.29 is 9.13 Å². The van der Waals surface area contributed by atoms with Gasteiger partial charge in [-0.05, 0) is 25.1 Å². The molecular formula is C21H21FN6O. The molecule has 0 amide bonds. The molecule has 0 unspecified atom stereocenters. The van der Waals surface area contributed by atoms with E-state index in [-0.39, 0.29) is 6.04 Å². The first kappa shape index (κ1) is 17.9. The molecule has 1 aliphatic heterocycles. The molecule has 4 heterocycles. The molecule has 7 nitrogen and oxygen atoms in total. The first-order valence-electron chi connectivity index (χ1n) is 9.65. The monoisotopic (exact) mass is 392 g/mol. The predicted octanol–water partition coefficient (Wildman–Crippen LogP) is 3.12. The molecular weight excluding hydrogens is 371 g/mol. The summed E-state index contributed by atoms with van der Waals surface area (Å²) in [6.45, 7) is 4.46. The molecule has 0 N–H and O–H groups in total. The fraction of sp³-hybridized carbons (Fsp3) is 0.333. The van der Waals surface area contributed by atoms with E-state index in [0.29, 0.717) is 19.2 Å². The van der Waals surface area contributed by atoms with Gasteiger partial charge in [0.25, 0.3) is 0 Å². The molecule has 1 aliphatic carbocycles. The summed E-state index contributed by atoms with van der Waals surface area (Å²) >= 11 is 0. The van der Waals surface area contributed by atoms with E-state index in [0.717, 1.165) is 35.5 Å². The number of rotatable bonds is 3. The van der Waals surface area contributed by atoms with Gasteiger partial charge in [0.05, 0.1) is 42.0 Å². The van der Waals surface area contributed by atoms with Gasteiger partial charge < -0.3 is 14.2 Å². The number of halogens is 1. The number of hydrogen-bond donors (Lipinski definition) is 0. The van der Waals surface area contributed by atoms with Crippen molar-refractivity contribution in [3.63, 3.8) is 0 Å². The van der Waals surface area contributed by atoms with Crippen LogP contribution in [0.5, 0.6) is 0 Å². The average molecular weight is 392 g/mol. The molecule has 0 aromatic carbocycles. The zero-order valence-electron chi connectivity index (χ0n) is 16.1. The molecule has 1 saturated heterocycles. The Morgan fingerprint density at radius 1 is 1.10 bits per heavy atom. The summed E-state index contributed by atoms with van der Waals surface area (Å²) in [7, 11) is 0. The highest BCUT2D eigenvalue weighted by atomic mass is 19.1. The van der Waals surface area contributed by atoms with E-state index < -0.39 is 5.67 Å². The third kappa shape index (κ3) is 3.40. The van der Waals surface area contributed by atoms with Gasteiger partial charge in [-0.1, -0.05) is 12.2 Å². The number of anilines is 1. The summed E-state index contributed by atoms with van der Waals surface area (Å²) in [5, 5.41) is 0. The van der Waals surface area contributed by atoms with E-state index in [4.69, 9.17) is 9.72 Å². The topological polar surface area (TPSA) is 69.0 Å². The predicted molar refractivity (Wildman–Crippen MR) is 108 cm³/mol. The molecule has 1 fully saturated rings. The van der Waals surface area contributed by atoms with Crippen LogP contribution < -0.4 is 4.90 Å². The molecule has 2 aliphatic rings. The number of ether oxygens (including phenoxy) is 1. The largest absolute Gasteiger partial charge is 0.378 e. The molecule has 3 aromatic heterocycles. The summed E-state index contributed by atoms with van der Waals surface area (Å²) in [4.78, 5) is 20.2. The molecule has 0 radical (unpaired) electrons. The number of hydrogen-bond acceptors (Lipinski definition) is 6. The second-order valence-corrected chi connectivity index (χ2v) is 7.40. The van der Waals surface area contributed by atoms with E-state index in [1.807, 2.05) is 22.8 Å². The van der Waals surface area contributed by atoms with Crippen LogP contribution in [0.15, 0.2) is 55.2 Å². The van der Waals surface area contributed by atoms with E-state index in [2.05, 4.69) is 19.9 Å². The molecule has 5 rings (SSSR count). The van der Waals surface area contributed by atoms with Gasteiger partial charge in [-0.15, -0.1) is 0 Å². The third-order valence-electron chi connectivity index (χ3n) is 5.22. The van der Waals surface area contributed by atoms with Gasteiger partial charge in [-0.25, -0.2) is 19.3 Å². The summed E-state index contributed by atoms with van der Waals surface area (Å²) in [6, 6.07) is 1.70. The van der Waals surface area contributed by atoms with E-state index in [1.54, 1.807) is 36.9 Å². The highest BCUT2D eigenvalue weighted by Gasteiger charge is 2.24. The first-order chi connectivity index (χ1) is 14.1. The van der Waals surface area contributed by atoms with Crippen LogP contribution in [0.1, 0.15) is 13.0 Å². The summed E-state index contributed by atoms with van der Waals surface area (Å²) in [5.41, 5.74) is 1.06. The van der Waals surface area contributed by atoms with Crippen LogP contribution in [-0.2, 0) is 4.74 Å². The summed E-state index contributed by atoms with van der Waals surface area (Å²) in [6.07, 6.45) is 13.9. The standard InChI is InChI=1S/C21H21FN6O/c1-21(22)5-2-16(3-6-21)28-18-14-23-7-4-17(18)26-19(28)15-12-24-20(25-13-15)27-8-10-29-11-9-27/h2-7,12-14,16H,8-11H2,1H3. The Morgan fingerprint density at radius 2 is 1.83 bits per heavy atom. The minimum atomic E-state index is -1.44. The maximum absolute atomic E-state index is 14.2. The maximum atomic E-state index is 14.2. The lowest BCUT2D eigenvalue weighted by Crippen LogP contribution is -2.37. The van der Waals surface area contributed by atoms with Gasteiger partial charge in [-0.2, -0.15) is 0 Å². The molecule has 0 spiro atoms. The van der Waals surface area contributed by atoms with Crippen LogP contribution in [-0.4, -0.2) is 56.5 Å². The number of nitrogens with zero attached hydrogens (tertiary/aromatic N) is 6. The highest BCUT2D eigenvalue weighted by molar-refractivity contribution is 5.80. The van der Waals surface area contributed by atoms with Crippen LogP contribution in [0, 0.1) is 0 Å². The van der Waals surface area contributed by atoms with Crippen molar-refractivity contribution in [2.75, 3.05) is 31.2 Å². The zero-order valence-corrected chi connectivity index (χ0v) is 16.1. The van der Waals surface area contributed by atoms with Crippen LogP contribution in [0.25, 0.3) is 22.4 Å². The lowest BCUT2D eigenvalue weighted by atomic mass is 9.99. The first-order valence-corrected chi connectivity index (χ1v) is 9.65. The third-order valence-corrected chi connectivity index (χ3v) is 5.22. The second kappa shape index (κ2) is 7.04. The van der Waals surface area contributed by atoms with E-state index in [1.165, 1.54) is 6.92 Å². The number of imidazole rings is 1. The number of morpholine rings is 1. The van der Waals surface area contributed by atoms with Gasteiger partial charge in [0.1, 0.15) is 11.5 Å². The second-order valence-electron chi connectivity index (χ2n) is 7.40. The van der Waals surface area contributed by atoms with Gasteiger partial charge in [0, 0.05) is 31.7 Å². The van der Waals surface area contributed by atoms with Gasteiger partial charge >= 0.3 is 0 Å². The van der Waals surface area contributed by atoms with Crippen molar-refractivity contribution in [2.24, 2.45) is 0 Å².